The van der Waals surface area contributed by atoms with Gasteiger partial charge in [0.2, 0.25) is 0 Å². The fourth-order valence-corrected chi connectivity index (χ4v) is 3.67. The van der Waals surface area contributed by atoms with Crippen molar-refractivity contribution in [3.63, 3.8) is 0 Å². The lowest BCUT2D eigenvalue weighted by atomic mass is 10.2. The Bertz CT molecular complexity index is 956. The largest absolute Gasteiger partial charge is 0.493 e. The summed E-state index contributed by atoms with van der Waals surface area (Å²) in [5, 5.41) is 10.4. The minimum Gasteiger partial charge on any atom is -0.493 e. The number of nitrogens with zero attached hydrogens (tertiary/aromatic N) is 2. The van der Waals surface area contributed by atoms with E-state index in [1.165, 1.54) is 17.3 Å². The molecule has 0 aliphatic heterocycles. The smallest absolute Gasteiger partial charge is 0.262 e. The van der Waals surface area contributed by atoms with Crippen LogP contribution in [0.2, 0.25) is 0 Å². The van der Waals surface area contributed by atoms with Gasteiger partial charge in [-0.05, 0) is 42.7 Å². The number of aromatic nitrogens is 2. The van der Waals surface area contributed by atoms with Crippen LogP contribution < -0.4 is 10.3 Å². The summed E-state index contributed by atoms with van der Waals surface area (Å²) in [6, 6.07) is 15.4. The molecule has 6 heteroatoms. The van der Waals surface area contributed by atoms with Gasteiger partial charge < -0.3 is 9.84 Å². The van der Waals surface area contributed by atoms with Crippen molar-refractivity contribution in [2.75, 3.05) is 19.0 Å². The molecule has 3 rings (SSSR count). The molecule has 0 radical (unpaired) electrons. The lowest BCUT2D eigenvalue weighted by molar-refractivity contribution is 0.276. The van der Waals surface area contributed by atoms with E-state index in [0.29, 0.717) is 41.4 Å². The van der Waals surface area contributed by atoms with Gasteiger partial charge in [-0.15, -0.1) is 0 Å². The van der Waals surface area contributed by atoms with Crippen LogP contribution in [-0.2, 0) is 13.0 Å². The number of aryl methyl sites for hydroxylation is 1. The summed E-state index contributed by atoms with van der Waals surface area (Å²) in [4.78, 5) is 17.4. The van der Waals surface area contributed by atoms with E-state index in [1.807, 2.05) is 30.3 Å². The number of aliphatic hydroxyl groups excluding tert-OH is 1. The molecule has 142 valence electrons. The Morgan fingerprint density at radius 2 is 2.04 bits per heavy atom. The summed E-state index contributed by atoms with van der Waals surface area (Å²) in [5.41, 5.74) is 1.88. The molecule has 0 saturated carbocycles. The van der Waals surface area contributed by atoms with Crippen LogP contribution in [0.15, 0.2) is 58.5 Å². The van der Waals surface area contributed by atoms with E-state index in [2.05, 4.69) is 24.0 Å². The van der Waals surface area contributed by atoms with Crippen molar-refractivity contribution in [2.24, 2.45) is 0 Å². The lowest BCUT2D eigenvalue weighted by Gasteiger charge is -2.13. The van der Waals surface area contributed by atoms with Gasteiger partial charge in [0, 0.05) is 18.9 Å². The van der Waals surface area contributed by atoms with E-state index in [-0.39, 0.29) is 12.2 Å². The predicted octanol–water partition coefficient (Wildman–Crippen LogP) is 3.51. The van der Waals surface area contributed by atoms with E-state index in [1.54, 1.807) is 10.6 Å². The number of rotatable bonds is 9. The average molecular weight is 385 g/mol. The van der Waals surface area contributed by atoms with Crippen molar-refractivity contribution >= 4 is 22.7 Å². The fraction of sp³-hybridized carbons (Fsp3) is 0.333. The molecule has 0 atom stereocenters. The first-order valence-corrected chi connectivity index (χ1v) is 10.2. The Kier molecular flexibility index (Phi) is 6.90. The lowest BCUT2D eigenvalue weighted by Crippen LogP contribution is -2.24. The monoisotopic (exact) mass is 384 g/mol. The molecule has 0 amide bonds. The van der Waals surface area contributed by atoms with Gasteiger partial charge in [-0.1, -0.05) is 43.0 Å². The molecule has 0 aliphatic rings. The number of para-hydroxylation sites is 1. The van der Waals surface area contributed by atoms with Gasteiger partial charge in [-0.2, -0.15) is 0 Å². The Hall–Kier alpha value is -2.31. The summed E-state index contributed by atoms with van der Waals surface area (Å²) < 4.78 is 7.49. The van der Waals surface area contributed by atoms with Crippen LogP contribution in [-0.4, -0.2) is 33.6 Å². The first-order chi connectivity index (χ1) is 13.2. The average Bonchev–Trinajstić information content (AvgIpc) is 2.71. The van der Waals surface area contributed by atoms with Crippen molar-refractivity contribution in [3.05, 3.63) is 64.4 Å². The zero-order chi connectivity index (χ0) is 19.1. The Morgan fingerprint density at radius 1 is 1.19 bits per heavy atom. The van der Waals surface area contributed by atoms with E-state index >= 15 is 0 Å². The molecule has 0 unspecified atom stereocenters. The number of hydrogen-bond donors (Lipinski definition) is 1. The maximum atomic E-state index is 12.8. The molecule has 1 N–H and O–H groups in total. The van der Waals surface area contributed by atoms with Gasteiger partial charge in [0.15, 0.2) is 5.16 Å². The zero-order valence-corrected chi connectivity index (χ0v) is 16.2. The van der Waals surface area contributed by atoms with Crippen molar-refractivity contribution in [1.29, 1.82) is 0 Å². The quantitative estimate of drug-likeness (QED) is 0.347. The fourth-order valence-electron chi connectivity index (χ4n) is 2.83. The highest BCUT2D eigenvalue weighted by Crippen LogP contribution is 2.19. The molecule has 3 aromatic rings. The summed E-state index contributed by atoms with van der Waals surface area (Å²) in [7, 11) is 0. The minimum absolute atomic E-state index is 0.0419. The van der Waals surface area contributed by atoms with E-state index in [4.69, 9.17) is 9.84 Å². The van der Waals surface area contributed by atoms with Crippen LogP contribution in [0.3, 0.4) is 0 Å². The number of thioether (sulfide) groups is 1. The Labute approximate surface area is 163 Å². The molecule has 2 aromatic carbocycles. The number of ether oxygens (including phenoxy) is 1. The Balaban J connectivity index is 1.72. The minimum atomic E-state index is -0.0619. The van der Waals surface area contributed by atoms with Crippen LogP contribution in [0.1, 0.15) is 18.9 Å². The van der Waals surface area contributed by atoms with Gasteiger partial charge in [-0.3, -0.25) is 9.36 Å². The van der Waals surface area contributed by atoms with E-state index in [9.17, 15) is 4.79 Å². The maximum Gasteiger partial charge on any atom is 0.262 e. The SMILES string of the molecule is CCc1cccc(OCCSc2nc3ccccc3c(=O)n2CCCO)c1. The van der Waals surface area contributed by atoms with Gasteiger partial charge in [0.05, 0.1) is 17.5 Å². The summed E-state index contributed by atoms with van der Waals surface area (Å²) in [6.07, 6.45) is 1.50. The summed E-state index contributed by atoms with van der Waals surface area (Å²) in [5.74, 6) is 1.54. The second-order valence-electron chi connectivity index (χ2n) is 6.14. The van der Waals surface area contributed by atoms with Crippen LogP contribution in [0.5, 0.6) is 5.75 Å². The van der Waals surface area contributed by atoms with E-state index in [0.717, 1.165) is 12.2 Å². The number of benzene rings is 2. The Morgan fingerprint density at radius 3 is 2.85 bits per heavy atom. The molecule has 0 fully saturated rings. The molecule has 1 aromatic heterocycles. The molecular formula is C21H24N2O3S. The molecular weight excluding hydrogens is 360 g/mol. The van der Waals surface area contributed by atoms with Crippen LogP contribution in [0.4, 0.5) is 0 Å². The molecule has 0 aliphatic carbocycles. The number of fused-ring (bicyclic) bond motifs is 1. The van der Waals surface area contributed by atoms with Crippen molar-refractivity contribution in [3.8, 4) is 5.75 Å². The first kappa shape index (κ1) is 19.5. The second-order valence-corrected chi connectivity index (χ2v) is 7.21. The predicted molar refractivity (Wildman–Crippen MR) is 110 cm³/mol. The zero-order valence-electron chi connectivity index (χ0n) is 15.4. The van der Waals surface area contributed by atoms with Crippen LogP contribution in [0, 0.1) is 0 Å². The van der Waals surface area contributed by atoms with Crippen LogP contribution >= 0.6 is 11.8 Å². The number of aliphatic hydroxyl groups is 1. The third-order valence-corrected chi connectivity index (χ3v) is 5.20. The molecule has 5 nitrogen and oxygen atoms in total. The normalized spacial score (nSPS) is 11.0. The van der Waals surface area contributed by atoms with E-state index < -0.39 is 0 Å². The molecule has 0 bridgehead atoms. The third-order valence-electron chi connectivity index (χ3n) is 4.26. The highest BCUT2D eigenvalue weighted by atomic mass is 32.2. The van der Waals surface area contributed by atoms with Gasteiger partial charge in [-0.25, -0.2) is 4.98 Å². The molecule has 0 saturated heterocycles. The van der Waals surface area contributed by atoms with Crippen molar-refractivity contribution in [1.82, 2.24) is 9.55 Å². The highest BCUT2D eigenvalue weighted by Gasteiger charge is 2.11. The highest BCUT2D eigenvalue weighted by molar-refractivity contribution is 7.99. The third kappa shape index (κ3) is 4.90. The second kappa shape index (κ2) is 9.58. The standard InChI is InChI=1S/C21H24N2O3S/c1-2-16-7-5-8-17(15-16)26-13-14-27-21-22-19-10-4-3-9-18(19)20(25)23(21)11-6-12-24/h3-5,7-10,15,24H,2,6,11-14H2,1H3. The van der Waals surface area contributed by atoms with Gasteiger partial charge >= 0.3 is 0 Å². The molecule has 1 heterocycles. The molecule has 27 heavy (non-hydrogen) atoms. The summed E-state index contributed by atoms with van der Waals surface area (Å²) in [6.45, 7) is 3.14. The molecule has 0 spiro atoms. The maximum absolute atomic E-state index is 12.8. The van der Waals surface area contributed by atoms with Crippen molar-refractivity contribution < 1.29 is 9.84 Å². The number of hydrogen-bond acceptors (Lipinski definition) is 5. The van der Waals surface area contributed by atoms with Gasteiger partial charge in [0.1, 0.15) is 5.75 Å². The topological polar surface area (TPSA) is 64.3 Å². The van der Waals surface area contributed by atoms with Crippen LogP contribution in [0.25, 0.3) is 10.9 Å². The first-order valence-electron chi connectivity index (χ1n) is 9.18. The summed E-state index contributed by atoms with van der Waals surface area (Å²) >= 11 is 1.50. The van der Waals surface area contributed by atoms with Crippen molar-refractivity contribution in [2.45, 2.75) is 31.5 Å². The van der Waals surface area contributed by atoms with Gasteiger partial charge in [0.25, 0.3) is 5.56 Å².